The number of piperazine rings is 1. The zero-order valence-corrected chi connectivity index (χ0v) is 37.1. The van der Waals surface area contributed by atoms with Crippen molar-refractivity contribution in [3.05, 3.63) is 75.6 Å². The Kier molecular flexibility index (Phi) is 13.8. The molecule has 1 saturated carbocycles. The fraction of sp³-hybridized carbons (Fsp3) is 0.532. The van der Waals surface area contributed by atoms with Crippen LogP contribution < -0.4 is 20.5 Å². The maximum absolute atomic E-state index is 14.1. The van der Waals surface area contributed by atoms with Crippen LogP contribution in [0.1, 0.15) is 120 Å². The number of amides is 5. The Balaban J connectivity index is 0.000000175. The summed E-state index contributed by atoms with van der Waals surface area (Å²) in [7, 11) is 1.86. The van der Waals surface area contributed by atoms with Crippen LogP contribution in [0.15, 0.2) is 36.5 Å². The van der Waals surface area contributed by atoms with Crippen molar-refractivity contribution < 1.29 is 32.8 Å². The molecule has 1 unspecified atom stereocenters. The normalized spacial score (nSPS) is 19.5. The molecule has 0 radical (unpaired) electrons. The van der Waals surface area contributed by atoms with Crippen LogP contribution in [0, 0.1) is 5.92 Å². The molecule has 2 aromatic carbocycles. The molecule has 1 atom stereocenters. The number of carbonyl (C=O) groups is 5. The average molecular weight is 883 g/mol. The molecule has 15 nitrogen and oxygen atoms in total. The summed E-state index contributed by atoms with van der Waals surface area (Å²) < 4.78 is 28.2. The Labute approximate surface area is 373 Å². The van der Waals surface area contributed by atoms with Gasteiger partial charge in [-0.05, 0) is 92.0 Å². The van der Waals surface area contributed by atoms with E-state index in [9.17, 15) is 32.8 Å². The Bertz CT molecular complexity index is 2280. The van der Waals surface area contributed by atoms with E-state index in [0.29, 0.717) is 55.7 Å². The van der Waals surface area contributed by atoms with E-state index in [0.717, 1.165) is 90.9 Å². The highest BCUT2D eigenvalue weighted by molar-refractivity contribution is 6.22. The SMILES string of the molecule is CC(=O)N1CCc2[nH]nc(N3CCCc4cc(C5=CN(C)NC5)c(C(F)F)cc43)c2C1.CC(CCC(=O)NC=O)N1C(=O)c2ccc(N3CCN(CC4CCCCC4)CC3)cc2C1=O. The zero-order valence-electron chi connectivity index (χ0n) is 37.1. The third kappa shape index (κ3) is 9.55. The quantitative estimate of drug-likeness (QED) is 0.164. The number of nitrogens with zero attached hydrogens (tertiary/aromatic N) is 7. The molecule has 1 saturated heterocycles. The molecule has 64 heavy (non-hydrogen) atoms. The first kappa shape index (κ1) is 44.9. The van der Waals surface area contributed by atoms with E-state index in [1.54, 1.807) is 35.9 Å². The molecule has 0 spiro atoms. The predicted molar refractivity (Wildman–Crippen MR) is 239 cm³/mol. The number of imide groups is 2. The van der Waals surface area contributed by atoms with Gasteiger partial charge < -0.3 is 19.7 Å². The smallest absolute Gasteiger partial charge is 0.264 e. The highest BCUT2D eigenvalue weighted by Gasteiger charge is 2.39. The van der Waals surface area contributed by atoms with E-state index in [1.807, 2.05) is 36.3 Å². The van der Waals surface area contributed by atoms with Crippen molar-refractivity contribution >= 4 is 52.8 Å². The van der Waals surface area contributed by atoms with Crippen LogP contribution in [0.5, 0.6) is 0 Å². The predicted octanol–water partition coefficient (Wildman–Crippen LogP) is 5.55. The number of halogens is 2. The second kappa shape index (κ2) is 19.6. The maximum atomic E-state index is 14.1. The molecule has 9 rings (SSSR count). The fourth-order valence-electron chi connectivity index (χ4n) is 10.2. The number of hydrogen-bond acceptors (Lipinski definition) is 11. The van der Waals surface area contributed by atoms with E-state index >= 15 is 0 Å². The number of anilines is 3. The van der Waals surface area contributed by atoms with Crippen molar-refractivity contribution in [1.82, 2.24) is 40.6 Å². The Hall–Kier alpha value is -5.68. The van der Waals surface area contributed by atoms with Gasteiger partial charge in [0, 0.05) is 120 Å². The number of carbonyl (C=O) groups excluding carboxylic acids is 5. The Morgan fingerprint density at radius 2 is 1.70 bits per heavy atom. The van der Waals surface area contributed by atoms with Crippen LogP contribution in [0.4, 0.5) is 26.0 Å². The van der Waals surface area contributed by atoms with Crippen molar-refractivity contribution in [3.8, 4) is 0 Å². The lowest BCUT2D eigenvalue weighted by Crippen LogP contribution is -2.48. The monoisotopic (exact) mass is 882 g/mol. The van der Waals surface area contributed by atoms with Gasteiger partial charge in [-0.1, -0.05) is 19.3 Å². The number of nitrogens with one attached hydrogen (secondary N) is 3. The van der Waals surface area contributed by atoms with E-state index in [4.69, 9.17) is 0 Å². The van der Waals surface area contributed by atoms with Crippen LogP contribution in [-0.2, 0) is 33.8 Å². The lowest BCUT2D eigenvalue weighted by molar-refractivity contribution is -0.130. The molecule has 6 aliphatic rings. The molecular formula is C47H60F2N10O5. The number of H-pyrrole nitrogens is 1. The summed E-state index contributed by atoms with van der Waals surface area (Å²) in [6.07, 6.45) is 9.33. The molecule has 6 heterocycles. The van der Waals surface area contributed by atoms with Crippen molar-refractivity contribution in [2.45, 2.75) is 97.1 Å². The van der Waals surface area contributed by atoms with E-state index in [1.165, 1.54) is 43.5 Å². The maximum Gasteiger partial charge on any atom is 0.264 e. The number of alkyl halides is 2. The van der Waals surface area contributed by atoms with Gasteiger partial charge in [-0.2, -0.15) is 5.10 Å². The largest absolute Gasteiger partial charge is 0.369 e. The average Bonchev–Trinajstić information content (AvgIpc) is 4.00. The lowest BCUT2D eigenvalue weighted by Gasteiger charge is -2.38. The van der Waals surface area contributed by atoms with Gasteiger partial charge in [0.1, 0.15) is 0 Å². The lowest BCUT2D eigenvalue weighted by atomic mass is 9.89. The van der Waals surface area contributed by atoms with Crippen LogP contribution in [0.25, 0.3) is 5.57 Å². The molecule has 3 N–H and O–H groups in total. The van der Waals surface area contributed by atoms with Gasteiger partial charge in [-0.15, -0.1) is 0 Å². The third-order valence-corrected chi connectivity index (χ3v) is 13.8. The standard InChI is InChI=1S/C25H34N4O4.C22H26F2N6O/c1-18(7-10-23(31)26-17-30)29-24(32)21-9-8-20(15-22(21)25(29)33)28-13-11-27(12-14-28)16-19-5-3-2-4-6-19;1-13(31)29-7-5-19-18(12-29)22(27-26-19)30-6-3-4-14-8-16(15-10-25-28(2)11-15)17(21(23)24)9-20(14)30/h8-9,15,17-19H,2-7,10-14,16H2,1H3,(H,26,30,31);8-9,11,21,25H,3-7,10,12H2,1-2H3,(H,26,27). The number of aromatic nitrogens is 2. The minimum Gasteiger partial charge on any atom is -0.369 e. The van der Waals surface area contributed by atoms with Crippen LogP contribution in [0.3, 0.4) is 0 Å². The molecule has 5 amide bonds. The number of hydrazine groups is 1. The van der Waals surface area contributed by atoms with Crippen LogP contribution in [0.2, 0.25) is 0 Å². The van der Waals surface area contributed by atoms with Crippen molar-refractivity contribution in [1.29, 1.82) is 0 Å². The van der Waals surface area contributed by atoms with Gasteiger partial charge >= 0.3 is 0 Å². The third-order valence-electron chi connectivity index (χ3n) is 13.8. The molecule has 342 valence electrons. The van der Waals surface area contributed by atoms with Gasteiger partial charge in [-0.25, -0.2) is 14.2 Å². The van der Waals surface area contributed by atoms with E-state index < -0.39 is 18.4 Å². The molecule has 1 aliphatic carbocycles. The summed E-state index contributed by atoms with van der Waals surface area (Å²) in [6.45, 7) is 10.8. The summed E-state index contributed by atoms with van der Waals surface area (Å²) in [5, 5.41) is 11.5. The molecule has 0 bridgehead atoms. The first-order chi connectivity index (χ1) is 30.9. The van der Waals surface area contributed by atoms with Crippen LogP contribution >= 0.6 is 0 Å². The number of aryl methyl sites for hydroxylation is 1. The van der Waals surface area contributed by atoms with Crippen LogP contribution in [-0.4, -0.2) is 125 Å². The van der Waals surface area contributed by atoms with Gasteiger partial charge in [0.05, 0.1) is 17.7 Å². The van der Waals surface area contributed by atoms with Crippen molar-refractivity contribution in [2.24, 2.45) is 5.92 Å². The van der Waals surface area contributed by atoms with Crippen molar-refractivity contribution in [2.75, 3.05) is 69.2 Å². The number of benzene rings is 2. The van der Waals surface area contributed by atoms with Crippen molar-refractivity contribution in [3.63, 3.8) is 0 Å². The highest BCUT2D eigenvalue weighted by Crippen LogP contribution is 2.42. The second-order valence-electron chi connectivity index (χ2n) is 18.0. The topological polar surface area (TPSA) is 158 Å². The highest BCUT2D eigenvalue weighted by atomic mass is 19.3. The Morgan fingerprint density at radius 1 is 0.938 bits per heavy atom. The Morgan fingerprint density at radius 3 is 2.41 bits per heavy atom. The molecule has 3 aromatic rings. The summed E-state index contributed by atoms with van der Waals surface area (Å²) in [5.41, 5.74) is 10.3. The first-order valence-electron chi connectivity index (χ1n) is 22.8. The molecular weight excluding hydrogens is 823 g/mol. The minimum atomic E-state index is -2.57. The number of hydrogen-bond donors (Lipinski definition) is 3. The number of aromatic amines is 1. The fourth-order valence-corrected chi connectivity index (χ4v) is 10.2. The second-order valence-corrected chi connectivity index (χ2v) is 18.0. The number of fused-ring (bicyclic) bond motifs is 3. The molecule has 17 heteroatoms. The van der Waals surface area contributed by atoms with E-state index in [-0.39, 0.29) is 29.7 Å². The minimum absolute atomic E-state index is 0.0323. The molecule has 5 aliphatic heterocycles. The van der Waals surface area contributed by atoms with Gasteiger partial charge in [0.2, 0.25) is 18.2 Å². The number of rotatable bonds is 11. The van der Waals surface area contributed by atoms with Gasteiger partial charge in [0.25, 0.3) is 18.2 Å². The molecule has 2 fully saturated rings. The first-order valence-corrected chi connectivity index (χ1v) is 22.8. The van der Waals surface area contributed by atoms with E-state index in [2.05, 4.69) is 30.7 Å². The molecule has 1 aromatic heterocycles. The summed E-state index contributed by atoms with van der Waals surface area (Å²) >= 11 is 0. The zero-order chi connectivity index (χ0) is 45.1. The summed E-state index contributed by atoms with van der Waals surface area (Å²) in [6, 6.07) is 8.67. The van der Waals surface area contributed by atoms with Gasteiger partial charge in [-0.3, -0.25) is 44.2 Å². The summed E-state index contributed by atoms with van der Waals surface area (Å²) in [4.78, 5) is 69.7. The summed E-state index contributed by atoms with van der Waals surface area (Å²) in [5.74, 6) is 0.573. The van der Waals surface area contributed by atoms with Gasteiger partial charge in [0.15, 0.2) is 5.82 Å².